The number of sulfonamides is 1. The molecule has 0 spiro atoms. The molecule has 150 valence electrons. The molecule has 3 rings (SSSR count). The van der Waals surface area contributed by atoms with Crippen LogP contribution in [0.4, 0.5) is 4.79 Å². The fourth-order valence-corrected chi connectivity index (χ4v) is 6.79. The predicted molar refractivity (Wildman–Crippen MR) is 107 cm³/mol. The van der Waals surface area contributed by atoms with Crippen molar-refractivity contribution in [1.29, 1.82) is 0 Å². The van der Waals surface area contributed by atoms with Gasteiger partial charge in [0.25, 0.3) is 10.0 Å². The van der Waals surface area contributed by atoms with Gasteiger partial charge in [0, 0.05) is 13.1 Å². The normalized spacial score (nSPS) is 16.4. The van der Waals surface area contributed by atoms with Crippen molar-refractivity contribution < 1.29 is 22.2 Å². The van der Waals surface area contributed by atoms with Gasteiger partial charge in [-0.3, -0.25) is 0 Å². The van der Waals surface area contributed by atoms with Crippen molar-refractivity contribution in [3.05, 3.63) is 65.7 Å². The van der Waals surface area contributed by atoms with E-state index in [0.717, 1.165) is 11.1 Å². The summed E-state index contributed by atoms with van der Waals surface area (Å²) in [5, 5.41) is 0. The second kappa shape index (κ2) is 8.32. The fraction of sp³-hybridized carbons (Fsp3) is 0.316. The lowest BCUT2D eigenvalue weighted by molar-refractivity contribution is 0.0994. The molecular formula is C19H22N2O5S2. The van der Waals surface area contributed by atoms with E-state index in [1.54, 1.807) is 12.1 Å². The Morgan fingerprint density at radius 3 is 2.29 bits per heavy atom. The van der Waals surface area contributed by atoms with Crippen molar-refractivity contribution in [3.63, 3.8) is 0 Å². The highest BCUT2D eigenvalue weighted by molar-refractivity contribution is 8.03. The first-order chi connectivity index (χ1) is 13.3. The van der Waals surface area contributed by atoms with Crippen molar-refractivity contribution in [1.82, 2.24) is 4.90 Å². The van der Waals surface area contributed by atoms with E-state index < -0.39 is 25.8 Å². The van der Waals surface area contributed by atoms with Gasteiger partial charge in [0.05, 0.1) is 26.1 Å². The van der Waals surface area contributed by atoms with E-state index in [-0.39, 0.29) is 36.1 Å². The second-order valence-corrected chi connectivity index (χ2v) is 11.0. The molecule has 1 fully saturated rings. The standard InChI is InChI=1S/C19H22N2O5S2/c1-16-7-9-18(10-8-16)28(24,25)20-27(23)13-11-21(12-14-27)19(22)26-15-17-5-3-2-4-6-17/h2-10H,11-15H2,1H3. The van der Waals surface area contributed by atoms with E-state index in [1.807, 2.05) is 37.3 Å². The molecule has 0 aliphatic carbocycles. The molecule has 1 amide bonds. The molecule has 0 aromatic heterocycles. The Labute approximate surface area is 165 Å². The van der Waals surface area contributed by atoms with Gasteiger partial charge >= 0.3 is 6.09 Å². The topological polar surface area (TPSA) is 93.1 Å². The maximum Gasteiger partial charge on any atom is 0.410 e. The summed E-state index contributed by atoms with van der Waals surface area (Å²) < 4.78 is 46.7. The lowest BCUT2D eigenvalue weighted by Gasteiger charge is -2.27. The van der Waals surface area contributed by atoms with Crippen LogP contribution >= 0.6 is 0 Å². The zero-order valence-corrected chi connectivity index (χ0v) is 17.1. The van der Waals surface area contributed by atoms with Crippen LogP contribution in [0, 0.1) is 6.92 Å². The van der Waals surface area contributed by atoms with Gasteiger partial charge in [-0.05, 0) is 24.6 Å². The number of rotatable bonds is 4. The van der Waals surface area contributed by atoms with Crippen LogP contribution in [0.15, 0.2) is 63.3 Å². The molecule has 9 heteroatoms. The number of hydrogen-bond donors (Lipinski definition) is 0. The maximum atomic E-state index is 12.9. The van der Waals surface area contributed by atoms with Crippen LogP contribution in [-0.4, -0.2) is 48.2 Å². The molecule has 0 unspecified atom stereocenters. The smallest absolute Gasteiger partial charge is 0.410 e. The van der Waals surface area contributed by atoms with Gasteiger partial charge in [-0.2, -0.15) is 8.42 Å². The highest BCUT2D eigenvalue weighted by Crippen LogP contribution is 2.18. The molecule has 0 radical (unpaired) electrons. The van der Waals surface area contributed by atoms with Crippen LogP contribution in [0.3, 0.4) is 0 Å². The molecule has 0 bridgehead atoms. The van der Waals surface area contributed by atoms with Crippen molar-refractivity contribution in [2.75, 3.05) is 24.6 Å². The van der Waals surface area contributed by atoms with E-state index in [9.17, 15) is 17.4 Å². The van der Waals surface area contributed by atoms with Crippen molar-refractivity contribution >= 4 is 25.8 Å². The number of hydrogen-bond acceptors (Lipinski definition) is 5. The number of carbonyl (C=O) groups is 1. The maximum absolute atomic E-state index is 12.9. The van der Waals surface area contributed by atoms with Crippen LogP contribution in [0.2, 0.25) is 0 Å². The number of carbonyl (C=O) groups excluding carboxylic acids is 1. The molecule has 7 nitrogen and oxygen atoms in total. The summed E-state index contributed by atoms with van der Waals surface area (Å²) >= 11 is 0. The Bertz CT molecular complexity index is 1040. The van der Waals surface area contributed by atoms with E-state index in [1.165, 1.54) is 17.0 Å². The van der Waals surface area contributed by atoms with E-state index in [0.29, 0.717) is 0 Å². The number of nitrogens with zero attached hydrogens (tertiary/aromatic N) is 2. The molecule has 2 aromatic carbocycles. The van der Waals surface area contributed by atoms with Gasteiger partial charge in [0.15, 0.2) is 0 Å². The van der Waals surface area contributed by atoms with Gasteiger partial charge < -0.3 is 9.64 Å². The third-order valence-electron chi connectivity index (χ3n) is 4.38. The van der Waals surface area contributed by atoms with Gasteiger partial charge in [-0.25, -0.2) is 9.00 Å². The van der Waals surface area contributed by atoms with Gasteiger partial charge in [-0.1, -0.05) is 48.0 Å². The summed E-state index contributed by atoms with van der Waals surface area (Å²) in [5.74, 6) is -0.00292. The molecule has 1 aliphatic rings. The highest BCUT2D eigenvalue weighted by atomic mass is 32.3. The number of aryl methyl sites for hydroxylation is 1. The Morgan fingerprint density at radius 1 is 1.07 bits per heavy atom. The lowest BCUT2D eigenvalue weighted by Crippen LogP contribution is -2.44. The molecule has 2 aromatic rings. The first-order valence-electron chi connectivity index (χ1n) is 8.79. The zero-order chi connectivity index (χ0) is 20.2. The SMILES string of the molecule is Cc1ccc(S(=O)(=O)N=S2(=O)CCN(C(=O)OCc3ccccc3)CC2)cc1. The summed E-state index contributed by atoms with van der Waals surface area (Å²) in [4.78, 5) is 13.6. The van der Waals surface area contributed by atoms with Gasteiger partial charge in [0.1, 0.15) is 6.61 Å². The van der Waals surface area contributed by atoms with Crippen molar-refractivity contribution in [2.24, 2.45) is 3.77 Å². The summed E-state index contributed by atoms with van der Waals surface area (Å²) in [7, 11) is -6.96. The number of amides is 1. The first kappa shape index (κ1) is 20.3. The largest absolute Gasteiger partial charge is 0.445 e. The molecule has 1 heterocycles. The average Bonchev–Trinajstić information content (AvgIpc) is 2.67. The quantitative estimate of drug-likeness (QED) is 0.755. The molecule has 1 aliphatic heterocycles. The monoisotopic (exact) mass is 422 g/mol. The average molecular weight is 423 g/mol. The number of ether oxygens (including phenoxy) is 1. The Hall–Kier alpha value is -2.39. The Morgan fingerprint density at radius 2 is 1.68 bits per heavy atom. The van der Waals surface area contributed by atoms with Crippen molar-refractivity contribution in [2.45, 2.75) is 18.4 Å². The zero-order valence-electron chi connectivity index (χ0n) is 15.5. The molecular weight excluding hydrogens is 400 g/mol. The van der Waals surface area contributed by atoms with E-state index in [4.69, 9.17) is 4.74 Å². The van der Waals surface area contributed by atoms with Gasteiger partial charge in [0.2, 0.25) is 0 Å². The molecule has 0 saturated carbocycles. The van der Waals surface area contributed by atoms with Gasteiger partial charge in [-0.15, -0.1) is 3.77 Å². The third kappa shape index (κ3) is 5.11. The Balaban J connectivity index is 1.63. The Kier molecular flexibility index (Phi) is 6.04. The second-order valence-electron chi connectivity index (χ2n) is 6.57. The predicted octanol–water partition coefficient (Wildman–Crippen LogP) is 2.80. The summed E-state index contributed by atoms with van der Waals surface area (Å²) in [6.07, 6.45) is -0.508. The van der Waals surface area contributed by atoms with E-state index >= 15 is 0 Å². The number of benzene rings is 2. The minimum Gasteiger partial charge on any atom is -0.445 e. The molecule has 28 heavy (non-hydrogen) atoms. The molecule has 0 atom stereocenters. The van der Waals surface area contributed by atoms with Crippen LogP contribution in [0.25, 0.3) is 0 Å². The van der Waals surface area contributed by atoms with Crippen LogP contribution < -0.4 is 0 Å². The highest BCUT2D eigenvalue weighted by Gasteiger charge is 2.27. The summed E-state index contributed by atoms with van der Waals surface area (Å²) in [6.45, 7) is 2.27. The molecule has 1 saturated heterocycles. The van der Waals surface area contributed by atoms with Crippen molar-refractivity contribution in [3.8, 4) is 0 Å². The first-order valence-corrected chi connectivity index (χ1v) is 12.1. The lowest BCUT2D eigenvalue weighted by atomic mass is 10.2. The fourth-order valence-electron chi connectivity index (χ4n) is 2.72. The molecule has 0 N–H and O–H groups in total. The minimum absolute atomic E-state index is 0.00146. The minimum atomic E-state index is -4.00. The summed E-state index contributed by atoms with van der Waals surface area (Å²) in [6, 6.07) is 15.5. The summed E-state index contributed by atoms with van der Waals surface area (Å²) in [5.41, 5.74) is 1.79. The van der Waals surface area contributed by atoms with E-state index in [2.05, 4.69) is 3.77 Å². The van der Waals surface area contributed by atoms with Crippen LogP contribution in [0.5, 0.6) is 0 Å². The third-order valence-corrected chi connectivity index (χ3v) is 8.76. The van der Waals surface area contributed by atoms with Crippen LogP contribution in [0.1, 0.15) is 11.1 Å². The van der Waals surface area contributed by atoms with Crippen LogP contribution in [-0.2, 0) is 31.1 Å².